The number of ether oxygens (including phenoxy) is 2. The Morgan fingerprint density at radius 2 is 2.00 bits per heavy atom. The lowest BCUT2D eigenvalue weighted by Gasteiger charge is -2.10. The number of hydrogen-bond acceptors (Lipinski definition) is 5. The maximum Gasteiger partial charge on any atom is 0.257 e. The van der Waals surface area contributed by atoms with Gasteiger partial charge in [0.1, 0.15) is 11.6 Å². The van der Waals surface area contributed by atoms with Gasteiger partial charge in [0.2, 0.25) is 0 Å². The first-order valence-corrected chi connectivity index (χ1v) is 9.42. The highest BCUT2D eigenvalue weighted by Gasteiger charge is 2.10. The highest BCUT2D eigenvalue weighted by molar-refractivity contribution is 6.04. The number of carbonyl (C=O) groups is 1. The SMILES string of the molecule is COCCCOc1cc(/C=C/c2ccccc2F)cc(C(=O)Nc2cnccn2)c1. The second-order valence-corrected chi connectivity index (χ2v) is 6.39. The predicted octanol–water partition coefficient (Wildman–Crippen LogP) is 4.45. The molecule has 7 heteroatoms. The van der Waals surface area contributed by atoms with Crippen LogP contribution in [0.3, 0.4) is 0 Å². The second kappa shape index (κ2) is 10.8. The largest absolute Gasteiger partial charge is 0.493 e. The van der Waals surface area contributed by atoms with Crippen LogP contribution in [0.5, 0.6) is 5.75 Å². The minimum atomic E-state index is -0.349. The normalized spacial score (nSPS) is 10.9. The van der Waals surface area contributed by atoms with Crippen molar-refractivity contribution in [3.8, 4) is 5.75 Å². The minimum Gasteiger partial charge on any atom is -0.493 e. The minimum absolute atomic E-state index is 0.318. The van der Waals surface area contributed by atoms with E-state index in [0.29, 0.717) is 47.9 Å². The van der Waals surface area contributed by atoms with Crippen molar-refractivity contribution in [3.05, 3.63) is 83.6 Å². The van der Waals surface area contributed by atoms with Gasteiger partial charge in [-0.3, -0.25) is 9.78 Å². The Morgan fingerprint density at radius 3 is 2.77 bits per heavy atom. The van der Waals surface area contributed by atoms with Crippen molar-refractivity contribution < 1.29 is 18.7 Å². The van der Waals surface area contributed by atoms with Crippen LogP contribution in [-0.4, -0.2) is 36.2 Å². The fourth-order valence-electron chi connectivity index (χ4n) is 2.67. The molecule has 30 heavy (non-hydrogen) atoms. The van der Waals surface area contributed by atoms with E-state index in [0.717, 1.165) is 0 Å². The van der Waals surface area contributed by atoms with Gasteiger partial charge in [-0.1, -0.05) is 30.4 Å². The molecule has 0 radical (unpaired) electrons. The molecular weight excluding hydrogens is 385 g/mol. The molecule has 1 amide bonds. The number of aromatic nitrogens is 2. The van der Waals surface area contributed by atoms with Crippen LogP contribution in [-0.2, 0) is 4.74 Å². The number of nitrogens with zero attached hydrogens (tertiary/aromatic N) is 2. The lowest BCUT2D eigenvalue weighted by molar-refractivity contribution is 0.102. The smallest absolute Gasteiger partial charge is 0.257 e. The van der Waals surface area contributed by atoms with Crippen LogP contribution >= 0.6 is 0 Å². The summed E-state index contributed by atoms with van der Waals surface area (Å²) >= 11 is 0. The molecule has 0 bridgehead atoms. The van der Waals surface area contributed by atoms with Gasteiger partial charge >= 0.3 is 0 Å². The maximum absolute atomic E-state index is 13.9. The van der Waals surface area contributed by atoms with Gasteiger partial charge < -0.3 is 14.8 Å². The number of methoxy groups -OCH3 is 1. The van der Waals surface area contributed by atoms with Gasteiger partial charge in [-0.15, -0.1) is 0 Å². The van der Waals surface area contributed by atoms with Crippen LogP contribution in [0.4, 0.5) is 10.2 Å². The van der Waals surface area contributed by atoms with Crippen LogP contribution in [0.1, 0.15) is 27.9 Å². The number of amides is 1. The number of benzene rings is 2. The summed E-state index contributed by atoms with van der Waals surface area (Å²) in [5.74, 6) is 0.211. The molecule has 154 valence electrons. The zero-order chi connectivity index (χ0) is 21.2. The van der Waals surface area contributed by atoms with Crippen LogP contribution in [0.15, 0.2) is 61.1 Å². The zero-order valence-electron chi connectivity index (χ0n) is 16.5. The number of anilines is 1. The number of carbonyl (C=O) groups excluding carboxylic acids is 1. The van der Waals surface area contributed by atoms with Crippen molar-refractivity contribution in [1.82, 2.24) is 9.97 Å². The summed E-state index contributed by atoms with van der Waals surface area (Å²) in [4.78, 5) is 20.7. The molecule has 1 N–H and O–H groups in total. The Bertz CT molecular complexity index is 1010. The lowest BCUT2D eigenvalue weighted by Crippen LogP contribution is -2.13. The molecule has 2 aromatic carbocycles. The van der Waals surface area contributed by atoms with Gasteiger partial charge in [-0.2, -0.15) is 0 Å². The van der Waals surface area contributed by atoms with Crippen molar-refractivity contribution in [2.45, 2.75) is 6.42 Å². The Morgan fingerprint density at radius 1 is 1.13 bits per heavy atom. The van der Waals surface area contributed by atoms with Gasteiger partial charge in [-0.05, 0) is 29.8 Å². The molecule has 3 aromatic rings. The molecule has 0 aliphatic rings. The molecule has 0 aliphatic heterocycles. The van der Waals surface area contributed by atoms with E-state index in [9.17, 15) is 9.18 Å². The van der Waals surface area contributed by atoms with E-state index < -0.39 is 0 Å². The third-order valence-corrected chi connectivity index (χ3v) is 4.12. The maximum atomic E-state index is 13.9. The van der Waals surface area contributed by atoms with Crippen LogP contribution < -0.4 is 10.1 Å². The first-order chi connectivity index (χ1) is 14.7. The van der Waals surface area contributed by atoms with Crippen molar-refractivity contribution in [3.63, 3.8) is 0 Å². The van der Waals surface area contributed by atoms with Crippen molar-refractivity contribution >= 4 is 23.9 Å². The molecule has 0 fully saturated rings. The van der Waals surface area contributed by atoms with Gasteiger partial charge in [0.05, 0.1) is 12.8 Å². The molecule has 0 saturated carbocycles. The fourth-order valence-corrected chi connectivity index (χ4v) is 2.67. The number of rotatable bonds is 9. The summed E-state index contributed by atoms with van der Waals surface area (Å²) < 4.78 is 24.7. The first-order valence-electron chi connectivity index (χ1n) is 9.42. The third-order valence-electron chi connectivity index (χ3n) is 4.12. The molecule has 1 aromatic heterocycles. The monoisotopic (exact) mass is 407 g/mol. The Labute approximate surface area is 174 Å². The van der Waals surface area contributed by atoms with Crippen LogP contribution in [0, 0.1) is 5.82 Å². The Hall–Kier alpha value is -3.58. The van der Waals surface area contributed by atoms with E-state index in [4.69, 9.17) is 9.47 Å². The summed E-state index contributed by atoms with van der Waals surface area (Å²) in [6, 6.07) is 11.6. The fraction of sp³-hybridized carbons (Fsp3) is 0.174. The summed E-state index contributed by atoms with van der Waals surface area (Å²) in [5.41, 5.74) is 1.54. The predicted molar refractivity (Wildman–Crippen MR) is 114 cm³/mol. The van der Waals surface area contributed by atoms with E-state index in [2.05, 4.69) is 15.3 Å². The highest BCUT2D eigenvalue weighted by atomic mass is 19.1. The van der Waals surface area contributed by atoms with Gasteiger partial charge in [0, 0.05) is 43.7 Å². The molecule has 3 rings (SSSR count). The van der Waals surface area contributed by atoms with Gasteiger partial charge in [0.25, 0.3) is 5.91 Å². The van der Waals surface area contributed by atoms with Crippen molar-refractivity contribution in [2.24, 2.45) is 0 Å². The van der Waals surface area contributed by atoms with Crippen LogP contribution in [0.25, 0.3) is 12.2 Å². The van der Waals surface area contributed by atoms with E-state index >= 15 is 0 Å². The molecular formula is C23H22FN3O3. The summed E-state index contributed by atoms with van der Waals surface area (Å²) in [6.45, 7) is 1.02. The van der Waals surface area contributed by atoms with Gasteiger partial charge in [0.15, 0.2) is 5.82 Å². The molecule has 0 saturated heterocycles. The molecule has 0 unspecified atom stereocenters. The quantitative estimate of drug-likeness (QED) is 0.419. The second-order valence-electron chi connectivity index (χ2n) is 6.39. The average Bonchev–Trinajstić information content (AvgIpc) is 2.77. The zero-order valence-corrected chi connectivity index (χ0v) is 16.5. The van der Waals surface area contributed by atoms with E-state index in [1.54, 1.807) is 55.7 Å². The van der Waals surface area contributed by atoms with Crippen LogP contribution in [0.2, 0.25) is 0 Å². The van der Waals surface area contributed by atoms with E-state index in [1.807, 2.05) is 0 Å². The summed E-state index contributed by atoms with van der Waals surface area (Å²) in [5, 5.41) is 2.70. The number of nitrogens with one attached hydrogen (secondary N) is 1. The molecule has 0 aliphatic carbocycles. The molecule has 6 nitrogen and oxygen atoms in total. The van der Waals surface area contributed by atoms with E-state index in [1.165, 1.54) is 24.7 Å². The van der Waals surface area contributed by atoms with Crippen molar-refractivity contribution in [1.29, 1.82) is 0 Å². The first kappa shape index (κ1) is 21.1. The summed E-state index contributed by atoms with van der Waals surface area (Å²) in [6.07, 6.45) is 8.58. The molecule has 1 heterocycles. The highest BCUT2D eigenvalue weighted by Crippen LogP contribution is 2.21. The van der Waals surface area contributed by atoms with Gasteiger partial charge in [-0.25, -0.2) is 9.37 Å². The topological polar surface area (TPSA) is 73.3 Å². The number of hydrogen-bond donors (Lipinski definition) is 1. The standard InChI is InChI=1S/C23H22FN3O3/c1-29-11-4-12-30-20-14-17(7-8-18-5-2-3-6-21(18)24)13-19(15-20)23(28)27-22-16-25-9-10-26-22/h2-3,5-10,13-16H,4,11-12H2,1H3,(H,26,27,28)/b8-7+. The number of halogens is 1. The summed E-state index contributed by atoms with van der Waals surface area (Å²) in [7, 11) is 1.63. The Kier molecular flexibility index (Phi) is 7.63. The molecule has 0 spiro atoms. The van der Waals surface area contributed by atoms with Crippen molar-refractivity contribution in [2.75, 3.05) is 25.6 Å². The molecule has 0 atom stereocenters. The lowest BCUT2D eigenvalue weighted by atomic mass is 10.1. The average molecular weight is 407 g/mol. The van der Waals surface area contributed by atoms with E-state index in [-0.39, 0.29) is 11.7 Å². The Balaban J connectivity index is 1.84. The third kappa shape index (κ3) is 6.22.